The first kappa shape index (κ1) is 14.0. The summed E-state index contributed by atoms with van der Waals surface area (Å²) >= 11 is 0. The number of hydrogen-bond acceptors (Lipinski definition) is 3. The molecule has 0 aliphatic heterocycles. The van der Waals surface area contributed by atoms with E-state index in [1.807, 2.05) is 31.2 Å². The van der Waals surface area contributed by atoms with E-state index in [-0.39, 0.29) is 0 Å². The fourth-order valence-corrected chi connectivity index (χ4v) is 1.49. The lowest BCUT2D eigenvalue weighted by atomic mass is 10.1. The van der Waals surface area contributed by atoms with Crippen LogP contribution in [0.5, 0.6) is 5.75 Å². The molecule has 1 N–H and O–H groups in total. The van der Waals surface area contributed by atoms with Gasteiger partial charge in [0, 0.05) is 6.61 Å². The van der Waals surface area contributed by atoms with Gasteiger partial charge in [0.1, 0.15) is 11.9 Å². The van der Waals surface area contributed by atoms with E-state index in [0.29, 0.717) is 19.8 Å². The molecule has 0 bridgehead atoms. The third kappa shape index (κ3) is 5.20. The molecule has 0 fully saturated rings. The lowest BCUT2D eigenvalue weighted by Gasteiger charge is -2.12. The third-order valence-corrected chi connectivity index (χ3v) is 2.49. The molecule has 0 saturated heterocycles. The Labute approximate surface area is 103 Å². The number of ether oxygens (including phenoxy) is 2. The minimum Gasteiger partial charge on any atom is -0.494 e. The van der Waals surface area contributed by atoms with Crippen molar-refractivity contribution in [3.63, 3.8) is 0 Å². The van der Waals surface area contributed by atoms with Gasteiger partial charge in [-0.25, -0.2) is 0 Å². The van der Waals surface area contributed by atoms with Crippen LogP contribution in [0.15, 0.2) is 24.3 Å². The summed E-state index contributed by atoms with van der Waals surface area (Å²) in [6.45, 7) is 5.79. The molecular weight excluding hydrogens is 216 g/mol. The highest BCUT2D eigenvalue weighted by molar-refractivity contribution is 5.28. The van der Waals surface area contributed by atoms with Gasteiger partial charge < -0.3 is 14.6 Å². The highest BCUT2D eigenvalue weighted by Gasteiger charge is 2.07. The van der Waals surface area contributed by atoms with E-state index in [0.717, 1.165) is 24.2 Å². The molecule has 3 heteroatoms. The Morgan fingerprint density at radius 1 is 1.18 bits per heavy atom. The molecule has 0 heterocycles. The van der Waals surface area contributed by atoms with Gasteiger partial charge in [-0.2, -0.15) is 0 Å². The predicted octanol–water partition coefficient (Wildman–Crippen LogP) is 2.94. The molecule has 96 valence electrons. The smallest absolute Gasteiger partial charge is 0.119 e. The average molecular weight is 238 g/mol. The van der Waals surface area contributed by atoms with Crippen LogP contribution < -0.4 is 4.74 Å². The van der Waals surface area contributed by atoms with Crippen molar-refractivity contribution >= 4 is 0 Å². The van der Waals surface area contributed by atoms with Crippen molar-refractivity contribution in [2.45, 2.75) is 32.8 Å². The Morgan fingerprint density at radius 3 is 2.47 bits per heavy atom. The van der Waals surface area contributed by atoms with Crippen molar-refractivity contribution in [3.05, 3.63) is 29.8 Å². The number of hydrogen-bond donors (Lipinski definition) is 1. The Morgan fingerprint density at radius 2 is 1.88 bits per heavy atom. The van der Waals surface area contributed by atoms with E-state index in [1.54, 1.807) is 0 Å². The van der Waals surface area contributed by atoms with E-state index in [9.17, 15) is 5.11 Å². The molecule has 0 aliphatic carbocycles. The normalized spacial score (nSPS) is 12.4. The molecule has 3 nitrogen and oxygen atoms in total. The average Bonchev–Trinajstić information content (AvgIpc) is 2.36. The van der Waals surface area contributed by atoms with Crippen molar-refractivity contribution in [1.29, 1.82) is 0 Å². The minimum atomic E-state index is -0.553. The molecule has 1 unspecified atom stereocenters. The molecule has 17 heavy (non-hydrogen) atoms. The van der Waals surface area contributed by atoms with Gasteiger partial charge >= 0.3 is 0 Å². The van der Waals surface area contributed by atoms with Crippen molar-refractivity contribution in [2.75, 3.05) is 19.8 Å². The van der Waals surface area contributed by atoms with Crippen molar-refractivity contribution in [3.8, 4) is 5.75 Å². The van der Waals surface area contributed by atoms with Gasteiger partial charge in [-0.3, -0.25) is 0 Å². The van der Waals surface area contributed by atoms with Gasteiger partial charge in [0.2, 0.25) is 0 Å². The van der Waals surface area contributed by atoms with Crippen LogP contribution in [-0.4, -0.2) is 24.9 Å². The van der Waals surface area contributed by atoms with E-state index in [1.165, 1.54) is 0 Å². The SMILES string of the molecule is CCCCOCC(O)c1ccc(OCC)cc1. The van der Waals surface area contributed by atoms with Gasteiger partial charge in [0.15, 0.2) is 0 Å². The first-order valence-electron chi connectivity index (χ1n) is 6.26. The summed E-state index contributed by atoms with van der Waals surface area (Å²) in [5.74, 6) is 0.829. The number of benzene rings is 1. The van der Waals surface area contributed by atoms with Crippen LogP contribution in [0.3, 0.4) is 0 Å². The summed E-state index contributed by atoms with van der Waals surface area (Å²) in [5.41, 5.74) is 0.866. The molecule has 1 aromatic carbocycles. The van der Waals surface area contributed by atoms with Crippen LogP contribution in [0.4, 0.5) is 0 Å². The minimum absolute atomic E-state index is 0.355. The van der Waals surface area contributed by atoms with Crippen molar-refractivity contribution < 1.29 is 14.6 Å². The number of unbranched alkanes of at least 4 members (excludes halogenated alkanes) is 1. The summed E-state index contributed by atoms with van der Waals surface area (Å²) < 4.78 is 10.7. The maximum atomic E-state index is 9.87. The van der Waals surface area contributed by atoms with Gasteiger partial charge in [0.25, 0.3) is 0 Å². The van der Waals surface area contributed by atoms with Crippen LogP contribution in [0.25, 0.3) is 0 Å². The van der Waals surface area contributed by atoms with Crippen LogP contribution in [0.1, 0.15) is 38.4 Å². The molecule has 0 saturated carbocycles. The van der Waals surface area contributed by atoms with E-state index in [4.69, 9.17) is 9.47 Å². The van der Waals surface area contributed by atoms with Gasteiger partial charge in [-0.15, -0.1) is 0 Å². The zero-order valence-corrected chi connectivity index (χ0v) is 10.7. The summed E-state index contributed by atoms with van der Waals surface area (Å²) in [4.78, 5) is 0. The zero-order chi connectivity index (χ0) is 12.5. The summed E-state index contributed by atoms with van der Waals surface area (Å²) in [5, 5.41) is 9.87. The van der Waals surface area contributed by atoms with Gasteiger partial charge in [-0.1, -0.05) is 25.5 Å². The number of aliphatic hydroxyl groups is 1. The lowest BCUT2D eigenvalue weighted by molar-refractivity contribution is 0.0349. The van der Waals surface area contributed by atoms with E-state index < -0.39 is 6.10 Å². The number of aliphatic hydroxyl groups excluding tert-OH is 1. The van der Waals surface area contributed by atoms with Gasteiger partial charge in [0.05, 0.1) is 13.2 Å². The second-order valence-corrected chi connectivity index (χ2v) is 3.95. The Hall–Kier alpha value is -1.06. The van der Waals surface area contributed by atoms with E-state index in [2.05, 4.69) is 6.92 Å². The first-order valence-corrected chi connectivity index (χ1v) is 6.26. The fourth-order valence-electron chi connectivity index (χ4n) is 1.49. The van der Waals surface area contributed by atoms with Crippen LogP contribution >= 0.6 is 0 Å². The second-order valence-electron chi connectivity index (χ2n) is 3.95. The predicted molar refractivity (Wildman–Crippen MR) is 68.3 cm³/mol. The molecule has 0 radical (unpaired) electrons. The first-order chi connectivity index (χ1) is 8.27. The molecular formula is C14H22O3. The topological polar surface area (TPSA) is 38.7 Å². The molecule has 0 aromatic heterocycles. The molecule has 0 amide bonds. The van der Waals surface area contributed by atoms with Crippen LogP contribution in [0.2, 0.25) is 0 Å². The quantitative estimate of drug-likeness (QED) is 0.708. The van der Waals surface area contributed by atoms with Crippen molar-refractivity contribution in [1.82, 2.24) is 0 Å². The second kappa shape index (κ2) is 8.09. The highest BCUT2D eigenvalue weighted by atomic mass is 16.5. The van der Waals surface area contributed by atoms with Crippen molar-refractivity contribution in [2.24, 2.45) is 0 Å². The molecule has 1 rings (SSSR count). The van der Waals surface area contributed by atoms with Crippen LogP contribution in [-0.2, 0) is 4.74 Å². The zero-order valence-electron chi connectivity index (χ0n) is 10.7. The van der Waals surface area contributed by atoms with E-state index >= 15 is 0 Å². The monoisotopic (exact) mass is 238 g/mol. The summed E-state index contributed by atoms with van der Waals surface area (Å²) in [6, 6.07) is 7.49. The largest absolute Gasteiger partial charge is 0.494 e. The lowest BCUT2D eigenvalue weighted by Crippen LogP contribution is -2.08. The maximum absolute atomic E-state index is 9.87. The molecule has 1 aromatic rings. The number of rotatable bonds is 8. The maximum Gasteiger partial charge on any atom is 0.119 e. The Kier molecular flexibility index (Phi) is 6.67. The Bertz CT molecular complexity index is 295. The standard InChI is InChI=1S/C14H22O3/c1-3-5-10-16-11-14(15)12-6-8-13(9-7-12)17-4-2/h6-9,14-15H,3-5,10-11H2,1-2H3. The molecule has 0 aliphatic rings. The fraction of sp³-hybridized carbons (Fsp3) is 0.571. The molecule has 0 spiro atoms. The molecule has 1 atom stereocenters. The highest BCUT2D eigenvalue weighted by Crippen LogP contribution is 2.18. The third-order valence-electron chi connectivity index (χ3n) is 2.49. The summed E-state index contributed by atoms with van der Waals surface area (Å²) in [6.07, 6.45) is 1.59. The Balaban J connectivity index is 2.37. The van der Waals surface area contributed by atoms with Gasteiger partial charge in [-0.05, 0) is 31.0 Å². The summed E-state index contributed by atoms with van der Waals surface area (Å²) in [7, 11) is 0. The van der Waals surface area contributed by atoms with Crippen LogP contribution in [0, 0.1) is 0 Å².